The highest BCUT2D eigenvalue weighted by atomic mass is 32.2. The molecule has 0 atom stereocenters. The van der Waals surface area contributed by atoms with Gasteiger partial charge in [-0.25, -0.2) is 12.8 Å². The van der Waals surface area contributed by atoms with E-state index in [0.29, 0.717) is 18.6 Å². The van der Waals surface area contributed by atoms with Crippen molar-refractivity contribution in [2.75, 3.05) is 13.1 Å². The number of carbonyl (C=O) groups is 1. The van der Waals surface area contributed by atoms with E-state index in [9.17, 15) is 17.6 Å². The van der Waals surface area contributed by atoms with Crippen molar-refractivity contribution < 1.29 is 26.8 Å². The summed E-state index contributed by atoms with van der Waals surface area (Å²) in [6.45, 7) is 2.23. The van der Waals surface area contributed by atoms with E-state index in [1.807, 2.05) is 31.2 Å². The Balaban J connectivity index is 1.36. The number of esters is 1. The highest BCUT2D eigenvalue weighted by Crippen LogP contribution is 2.28. The molecule has 0 spiro atoms. The number of furan rings is 1. The summed E-state index contributed by atoms with van der Waals surface area (Å²) in [4.78, 5) is 12.1. The zero-order chi connectivity index (χ0) is 21.3. The standard InChI is InChI=1S/C22H22FNO5S/c1-15-17-6-2-4-8-19(17)29-20(15)14-28-22(25)16-10-12-24(13-11-16)30(26,27)21-9-5-3-7-18(21)23/h2-9,16H,10-14H2,1H3. The van der Waals surface area contributed by atoms with E-state index in [4.69, 9.17) is 9.15 Å². The number of rotatable bonds is 5. The molecule has 0 amide bonds. The van der Waals surface area contributed by atoms with E-state index in [1.165, 1.54) is 22.5 Å². The first-order chi connectivity index (χ1) is 14.4. The molecular formula is C22H22FNO5S. The predicted octanol–water partition coefficient (Wildman–Crippen LogP) is 4.02. The maximum Gasteiger partial charge on any atom is 0.309 e. The summed E-state index contributed by atoms with van der Waals surface area (Å²) < 4.78 is 51.7. The molecule has 0 radical (unpaired) electrons. The van der Waals surface area contributed by atoms with E-state index < -0.39 is 21.8 Å². The topological polar surface area (TPSA) is 76.8 Å². The summed E-state index contributed by atoms with van der Waals surface area (Å²) in [5.41, 5.74) is 1.68. The van der Waals surface area contributed by atoms with E-state index in [-0.39, 0.29) is 30.6 Å². The van der Waals surface area contributed by atoms with Crippen LogP contribution >= 0.6 is 0 Å². The lowest BCUT2D eigenvalue weighted by Gasteiger charge is -2.30. The molecule has 3 aromatic rings. The van der Waals surface area contributed by atoms with Gasteiger partial charge in [-0.2, -0.15) is 4.31 Å². The van der Waals surface area contributed by atoms with Crippen LogP contribution in [0.1, 0.15) is 24.2 Å². The number of nitrogens with zero attached hydrogens (tertiary/aromatic N) is 1. The number of aryl methyl sites for hydroxylation is 1. The fourth-order valence-corrected chi connectivity index (χ4v) is 5.28. The maximum atomic E-state index is 13.9. The number of fused-ring (bicyclic) bond motifs is 1. The van der Waals surface area contributed by atoms with Gasteiger partial charge in [-0.05, 0) is 38.0 Å². The average molecular weight is 431 g/mol. The van der Waals surface area contributed by atoms with Crippen molar-refractivity contribution in [2.45, 2.75) is 31.3 Å². The molecule has 6 nitrogen and oxygen atoms in total. The summed E-state index contributed by atoms with van der Waals surface area (Å²) in [5, 5.41) is 0.982. The molecule has 8 heteroatoms. The maximum absolute atomic E-state index is 13.9. The molecular weight excluding hydrogens is 409 g/mol. The molecule has 0 unspecified atom stereocenters. The van der Waals surface area contributed by atoms with Gasteiger partial charge in [-0.15, -0.1) is 0 Å². The molecule has 1 aromatic heterocycles. The van der Waals surface area contributed by atoms with Gasteiger partial charge in [0.25, 0.3) is 0 Å². The Kier molecular flexibility index (Phi) is 5.62. The average Bonchev–Trinajstić information content (AvgIpc) is 3.08. The Bertz CT molecular complexity index is 1180. The van der Waals surface area contributed by atoms with Gasteiger partial charge in [0.15, 0.2) is 0 Å². The van der Waals surface area contributed by atoms with Gasteiger partial charge in [0.1, 0.15) is 28.7 Å². The summed E-state index contributed by atoms with van der Waals surface area (Å²) in [5.74, 6) is -0.955. The van der Waals surface area contributed by atoms with Gasteiger partial charge in [0, 0.05) is 24.0 Å². The Hall–Kier alpha value is -2.71. The van der Waals surface area contributed by atoms with Crippen LogP contribution in [-0.4, -0.2) is 31.8 Å². The molecule has 2 aromatic carbocycles. The van der Waals surface area contributed by atoms with Crippen LogP contribution in [-0.2, 0) is 26.2 Å². The minimum atomic E-state index is -3.93. The van der Waals surface area contributed by atoms with Crippen molar-refractivity contribution >= 4 is 27.0 Å². The largest absolute Gasteiger partial charge is 0.457 e. The molecule has 4 rings (SSSR count). The minimum Gasteiger partial charge on any atom is -0.457 e. The van der Waals surface area contributed by atoms with Crippen LogP contribution in [0.2, 0.25) is 0 Å². The quantitative estimate of drug-likeness (QED) is 0.570. The summed E-state index contributed by atoms with van der Waals surface area (Å²) in [6.07, 6.45) is 0.650. The number of para-hydroxylation sites is 1. The van der Waals surface area contributed by atoms with E-state index in [0.717, 1.165) is 22.6 Å². The van der Waals surface area contributed by atoms with Gasteiger partial charge in [0.05, 0.1) is 5.92 Å². The molecule has 0 bridgehead atoms. The van der Waals surface area contributed by atoms with Crippen LogP contribution in [0, 0.1) is 18.7 Å². The van der Waals surface area contributed by atoms with Crippen LogP contribution < -0.4 is 0 Å². The van der Waals surface area contributed by atoms with Crippen molar-refractivity contribution in [3.63, 3.8) is 0 Å². The lowest BCUT2D eigenvalue weighted by molar-refractivity contribution is -0.151. The molecule has 1 aliphatic heterocycles. The number of piperidine rings is 1. The molecule has 1 fully saturated rings. The first kappa shape index (κ1) is 20.6. The van der Waals surface area contributed by atoms with Crippen LogP contribution in [0.3, 0.4) is 0 Å². The fraction of sp³-hybridized carbons (Fsp3) is 0.318. The fourth-order valence-electron chi connectivity index (χ4n) is 3.74. The Morgan fingerprint density at radius 2 is 1.80 bits per heavy atom. The number of ether oxygens (including phenoxy) is 1. The van der Waals surface area contributed by atoms with Crippen LogP contribution in [0.4, 0.5) is 4.39 Å². The van der Waals surface area contributed by atoms with Crippen molar-refractivity contribution in [1.29, 1.82) is 0 Å². The number of hydrogen-bond acceptors (Lipinski definition) is 5. The van der Waals surface area contributed by atoms with Crippen LogP contribution in [0.5, 0.6) is 0 Å². The Morgan fingerprint density at radius 3 is 2.50 bits per heavy atom. The minimum absolute atomic E-state index is 0.0348. The second-order valence-electron chi connectivity index (χ2n) is 7.36. The molecule has 2 heterocycles. The van der Waals surface area contributed by atoms with Crippen molar-refractivity contribution in [1.82, 2.24) is 4.31 Å². The first-order valence-corrected chi connectivity index (χ1v) is 11.2. The third kappa shape index (κ3) is 3.85. The molecule has 30 heavy (non-hydrogen) atoms. The van der Waals surface area contributed by atoms with Gasteiger partial charge in [-0.3, -0.25) is 4.79 Å². The Labute approximate surface area is 174 Å². The highest BCUT2D eigenvalue weighted by Gasteiger charge is 2.34. The van der Waals surface area contributed by atoms with Crippen LogP contribution in [0.15, 0.2) is 57.8 Å². The number of benzene rings is 2. The van der Waals surface area contributed by atoms with E-state index in [1.54, 1.807) is 0 Å². The SMILES string of the molecule is Cc1c(COC(=O)C2CCN(S(=O)(=O)c3ccccc3F)CC2)oc2ccccc12. The van der Waals surface area contributed by atoms with E-state index >= 15 is 0 Å². The summed E-state index contributed by atoms with van der Waals surface area (Å²) in [6, 6.07) is 12.9. The van der Waals surface area contributed by atoms with Gasteiger partial charge < -0.3 is 9.15 Å². The molecule has 1 aliphatic rings. The van der Waals surface area contributed by atoms with Gasteiger partial charge >= 0.3 is 5.97 Å². The molecule has 0 N–H and O–H groups in total. The first-order valence-electron chi connectivity index (χ1n) is 9.76. The zero-order valence-electron chi connectivity index (χ0n) is 16.5. The third-order valence-corrected chi connectivity index (χ3v) is 7.46. The van der Waals surface area contributed by atoms with Gasteiger partial charge in [0.2, 0.25) is 10.0 Å². The number of hydrogen-bond donors (Lipinski definition) is 0. The lowest BCUT2D eigenvalue weighted by Crippen LogP contribution is -2.40. The second-order valence-corrected chi connectivity index (χ2v) is 9.27. The molecule has 1 saturated heterocycles. The predicted molar refractivity (Wildman–Crippen MR) is 109 cm³/mol. The zero-order valence-corrected chi connectivity index (χ0v) is 17.3. The van der Waals surface area contributed by atoms with Crippen LogP contribution in [0.25, 0.3) is 11.0 Å². The Morgan fingerprint density at radius 1 is 1.13 bits per heavy atom. The monoisotopic (exact) mass is 431 g/mol. The second kappa shape index (κ2) is 8.20. The lowest BCUT2D eigenvalue weighted by atomic mass is 9.98. The molecule has 0 aliphatic carbocycles. The molecule has 0 saturated carbocycles. The number of carbonyl (C=O) groups excluding carboxylic acids is 1. The van der Waals surface area contributed by atoms with Crippen molar-refractivity contribution in [3.8, 4) is 0 Å². The summed E-state index contributed by atoms with van der Waals surface area (Å²) >= 11 is 0. The molecule has 158 valence electrons. The van der Waals surface area contributed by atoms with Crippen molar-refractivity contribution in [2.24, 2.45) is 5.92 Å². The highest BCUT2D eigenvalue weighted by molar-refractivity contribution is 7.89. The third-order valence-electron chi connectivity index (χ3n) is 5.53. The summed E-state index contributed by atoms with van der Waals surface area (Å²) in [7, 11) is -3.93. The van der Waals surface area contributed by atoms with E-state index in [2.05, 4.69) is 0 Å². The van der Waals surface area contributed by atoms with Crippen molar-refractivity contribution in [3.05, 3.63) is 65.7 Å². The smallest absolute Gasteiger partial charge is 0.309 e. The number of sulfonamides is 1. The normalized spacial score (nSPS) is 16.1. The number of halogens is 1. The van der Waals surface area contributed by atoms with Gasteiger partial charge in [-0.1, -0.05) is 30.3 Å².